The van der Waals surface area contributed by atoms with Crippen LogP contribution in [0.25, 0.3) is 10.2 Å². The normalized spacial score (nSPS) is 16.1. The maximum atomic E-state index is 13.3. The Kier molecular flexibility index (Phi) is 5.72. The minimum atomic E-state index is -3.94. The molecule has 0 N–H and O–H groups in total. The third-order valence-electron chi connectivity index (χ3n) is 4.04. The first-order valence-electron chi connectivity index (χ1n) is 8.14. The van der Waals surface area contributed by atoms with E-state index in [4.69, 9.17) is 4.74 Å². The minimum Gasteiger partial charge on any atom is -0.378 e. The number of hydrogen-bond donors (Lipinski definition) is 0. The number of ether oxygens (including phenoxy) is 1. The lowest BCUT2D eigenvalue weighted by Crippen LogP contribution is -2.43. The summed E-state index contributed by atoms with van der Waals surface area (Å²) >= 11 is 1.08. The number of morpholine rings is 1. The van der Waals surface area contributed by atoms with E-state index in [0.29, 0.717) is 36.5 Å². The van der Waals surface area contributed by atoms with Gasteiger partial charge in [0.2, 0.25) is 5.91 Å². The highest BCUT2D eigenvalue weighted by Gasteiger charge is 2.25. The Morgan fingerprint density at radius 3 is 2.67 bits per heavy atom. The molecule has 0 unspecified atom stereocenters. The monoisotopic (exact) mass is 415 g/mol. The third-order valence-corrected chi connectivity index (χ3v) is 6.51. The lowest BCUT2D eigenvalue weighted by atomic mass is 10.3. The van der Waals surface area contributed by atoms with Crippen LogP contribution in [0.2, 0.25) is 0 Å². The van der Waals surface area contributed by atoms with E-state index in [1.54, 1.807) is 17.7 Å². The number of carbonyl (C=O) groups excluding carboxylic acids is 2. The quantitative estimate of drug-likeness (QED) is 0.704. The van der Waals surface area contributed by atoms with Crippen molar-refractivity contribution >= 4 is 43.2 Å². The molecular formula is C16H18FN3O5S2. The summed E-state index contributed by atoms with van der Waals surface area (Å²) in [6, 6.07) is 4.17. The predicted molar refractivity (Wildman–Crippen MR) is 97.4 cm³/mol. The number of hydrogen-bond acceptors (Lipinski definition) is 6. The Morgan fingerprint density at radius 1 is 1.26 bits per heavy atom. The second kappa shape index (κ2) is 7.87. The van der Waals surface area contributed by atoms with Gasteiger partial charge in [0.1, 0.15) is 17.3 Å². The Bertz CT molecular complexity index is 1050. The third kappa shape index (κ3) is 4.79. The van der Waals surface area contributed by atoms with Crippen LogP contribution < -0.4 is 4.80 Å². The molecule has 11 heteroatoms. The molecule has 0 atom stereocenters. The van der Waals surface area contributed by atoms with Gasteiger partial charge < -0.3 is 14.2 Å². The highest BCUT2D eigenvalue weighted by atomic mass is 32.2. The highest BCUT2D eigenvalue weighted by Crippen LogP contribution is 2.17. The predicted octanol–water partition coefficient (Wildman–Crippen LogP) is 0.0798. The first-order chi connectivity index (χ1) is 12.7. The zero-order valence-electron chi connectivity index (χ0n) is 14.6. The van der Waals surface area contributed by atoms with E-state index in [1.165, 1.54) is 17.0 Å². The number of benzene rings is 1. The molecule has 1 saturated heterocycles. The van der Waals surface area contributed by atoms with Crippen molar-refractivity contribution in [2.45, 2.75) is 0 Å². The zero-order chi connectivity index (χ0) is 19.6. The van der Waals surface area contributed by atoms with Gasteiger partial charge in [0.05, 0.1) is 23.4 Å². The standard InChI is InChI=1S/C16H18FN3O5S2/c1-19-12-3-2-11(17)8-13(12)26-16(19)18-14(21)9-27(23,24)10-15(22)20-4-6-25-7-5-20/h2-3,8H,4-7,9-10H2,1H3. The van der Waals surface area contributed by atoms with Crippen molar-refractivity contribution in [1.29, 1.82) is 0 Å². The Labute approximate surface area is 158 Å². The molecule has 146 valence electrons. The molecule has 0 aliphatic carbocycles. The average molecular weight is 415 g/mol. The van der Waals surface area contributed by atoms with Crippen LogP contribution in [0.15, 0.2) is 23.2 Å². The van der Waals surface area contributed by atoms with E-state index >= 15 is 0 Å². The summed E-state index contributed by atoms with van der Waals surface area (Å²) in [6.45, 7) is 1.40. The van der Waals surface area contributed by atoms with Gasteiger partial charge in [-0.2, -0.15) is 4.99 Å². The molecule has 27 heavy (non-hydrogen) atoms. The van der Waals surface area contributed by atoms with Crippen LogP contribution in [0.4, 0.5) is 4.39 Å². The molecule has 0 saturated carbocycles. The van der Waals surface area contributed by atoms with Crippen molar-refractivity contribution in [3.63, 3.8) is 0 Å². The van der Waals surface area contributed by atoms with Crippen LogP contribution in [0.1, 0.15) is 0 Å². The number of amides is 2. The van der Waals surface area contributed by atoms with Crippen LogP contribution in [0, 0.1) is 5.82 Å². The van der Waals surface area contributed by atoms with Crippen molar-refractivity contribution in [3.8, 4) is 0 Å². The summed E-state index contributed by atoms with van der Waals surface area (Å²) in [7, 11) is -2.29. The van der Waals surface area contributed by atoms with Gasteiger partial charge in [0, 0.05) is 20.1 Å². The van der Waals surface area contributed by atoms with E-state index in [1.807, 2.05) is 0 Å². The summed E-state index contributed by atoms with van der Waals surface area (Å²) in [5.74, 6) is -3.42. The summed E-state index contributed by atoms with van der Waals surface area (Å²) in [5.41, 5.74) is 0.679. The second-order valence-corrected chi connectivity index (χ2v) is 9.16. The fourth-order valence-corrected chi connectivity index (χ4v) is 4.85. The van der Waals surface area contributed by atoms with Crippen molar-refractivity contribution < 1.29 is 27.1 Å². The molecular weight excluding hydrogens is 397 g/mol. The molecule has 2 heterocycles. The summed E-state index contributed by atoms with van der Waals surface area (Å²) in [5, 5.41) is 0. The number of sulfone groups is 1. The number of carbonyl (C=O) groups is 2. The van der Waals surface area contributed by atoms with E-state index in [-0.39, 0.29) is 4.80 Å². The van der Waals surface area contributed by atoms with E-state index < -0.39 is 39.0 Å². The lowest BCUT2D eigenvalue weighted by Gasteiger charge is -2.26. The van der Waals surface area contributed by atoms with Gasteiger partial charge >= 0.3 is 0 Å². The van der Waals surface area contributed by atoms with Crippen LogP contribution in [0.3, 0.4) is 0 Å². The van der Waals surface area contributed by atoms with Gasteiger partial charge in [0.15, 0.2) is 14.6 Å². The molecule has 1 aromatic heterocycles. The number of aromatic nitrogens is 1. The molecule has 0 radical (unpaired) electrons. The fourth-order valence-electron chi connectivity index (χ4n) is 2.68. The van der Waals surface area contributed by atoms with Crippen molar-refractivity contribution in [2.24, 2.45) is 12.0 Å². The average Bonchev–Trinajstić information content (AvgIpc) is 2.89. The van der Waals surface area contributed by atoms with Gasteiger partial charge in [0.25, 0.3) is 5.91 Å². The summed E-state index contributed by atoms with van der Waals surface area (Å²) in [4.78, 5) is 29.7. The van der Waals surface area contributed by atoms with Gasteiger partial charge in [-0.15, -0.1) is 0 Å². The Morgan fingerprint density at radius 2 is 1.96 bits per heavy atom. The Balaban J connectivity index is 1.73. The fraction of sp³-hybridized carbons (Fsp3) is 0.438. The Hall–Kier alpha value is -2.11. The van der Waals surface area contributed by atoms with Gasteiger partial charge in [-0.05, 0) is 18.2 Å². The van der Waals surface area contributed by atoms with E-state index in [2.05, 4.69) is 4.99 Å². The van der Waals surface area contributed by atoms with Crippen molar-refractivity contribution in [3.05, 3.63) is 28.8 Å². The molecule has 2 aromatic rings. The molecule has 0 bridgehead atoms. The van der Waals surface area contributed by atoms with Gasteiger partial charge in [-0.1, -0.05) is 11.3 Å². The minimum absolute atomic E-state index is 0.260. The first kappa shape index (κ1) is 19.6. The number of fused-ring (bicyclic) bond motifs is 1. The first-order valence-corrected chi connectivity index (χ1v) is 10.8. The lowest BCUT2D eigenvalue weighted by molar-refractivity contribution is -0.132. The highest BCUT2D eigenvalue weighted by molar-refractivity contribution is 7.92. The maximum Gasteiger partial charge on any atom is 0.263 e. The van der Waals surface area contributed by atoms with Crippen molar-refractivity contribution in [1.82, 2.24) is 9.47 Å². The molecule has 8 nitrogen and oxygen atoms in total. The van der Waals surface area contributed by atoms with E-state index in [0.717, 1.165) is 11.3 Å². The zero-order valence-corrected chi connectivity index (χ0v) is 16.2. The van der Waals surface area contributed by atoms with Gasteiger partial charge in [-0.3, -0.25) is 9.59 Å². The molecule has 1 aliphatic rings. The number of nitrogens with zero attached hydrogens (tertiary/aromatic N) is 3. The summed E-state index contributed by atoms with van der Waals surface area (Å²) < 4.78 is 45.0. The molecule has 1 fully saturated rings. The number of halogens is 1. The number of aryl methyl sites for hydroxylation is 1. The number of rotatable bonds is 4. The van der Waals surface area contributed by atoms with Crippen LogP contribution in [-0.2, 0) is 31.2 Å². The smallest absolute Gasteiger partial charge is 0.263 e. The molecule has 1 aliphatic heterocycles. The van der Waals surface area contributed by atoms with E-state index in [9.17, 15) is 22.4 Å². The molecule has 3 rings (SSSR count). The number of thiazole rings is 1. The molecule has 1 aromatic carbocycles. The second-order valence-electron chi connectivity index (χ2n) is 6.09. The van der Waals surface area contributed by atoms with Crippen LogP contribution in [0.5, 0.6) is 0 Å². The van der Waals surface area contributed by atoms with Crippen LogP contribution in [-0.4, -0.2) is 67.5 Å². The largest absolute Gasteiger partial charge is 0.378 e. The summed E-state index contributed by atoms with van der Waals surface area (Å²) in [6.07, 6.45) is 0. The maximum absolute atomic E-state index is 13.3. The topological polar surface area (TPSA) is 98.0 Å². The SMILES string of the molecule is Cn1c(=NC(=O)CS(=O)(=O)CC(=O)N2CCOCC2)sc2cc(F)ccc21. The van der Waals surface area contributed by atoms with Crippen molar-refractivity contribution in [2.75, 3.05) is 37.8 Å². The molecule has 2 amide bonds. The molecule has 0 spiro atoms. The van der Waals surface area contributed by atoms with Crippen LogP contribution >= 0.6 is 11.3 Å². The van der Waals surface area contributed by atoms with Gasteiger partial charge in [-0.25, -0.2) is 12.8 Å².